The fraction of sp³-hybridized carbons (Fsp3) is 0.211. The molecule has 1 N–H and O–H groups in total. The molecule has 0 bridgehead atoms. The lowest BCUT2D eigenvalue weighted by Gasteiger charge is -2.11. The van der Waals surface area contributed by atoms with E-state index >= 15 is 0 Å². The molecule has 122 valence electrons. The van der Waals surface area contributed by atoms with Crippen LogP contribution in [-0.4, -0.2) is 27.0 Å². The highest BCUT2D eigenvalue weighted by Gasteiger charge is 2.09. The Bertz CT molecular complexity index is 797. The number of aryl methyl sites for hydroxylation is 1. The maximum absolute atomic E-state index is 12.0. The van der Waals surface area contributed by atoms with Crippen LogP contribution in [0.15, 0.2) is 60.9 Å². The van der Waals surface area contributed by atoms with Crippen molar-refractivity contribution in [1.82, 2.24) is 19.9 Å². The van der Waals surface area contributed by atoms with Gasteiger partial charge in [0.05, 0.1) is 0 Å². The lowest BCUT2D eigenvalue weighted by Crippen LogP contribution is -2.27. The van der Waals surface area contributed by atoms with Crippen molar-refractivity contribution in [3.63, 3.8) is 0 Å². The summed E-state index contributed by atoms with van der Waals surface area (Å²) in [4.78, 5) is 20.5. The topological polar surface area (TPSA) is 59.8 Å². The second-order valence-corrected chi connectivity index (χ2v) is 5.61. The van der Waals surface area contributed by atoms with E-state index in [-0.39, 0.29) is 5.91 Å². The van der Waals surface area contributed by atoms with E-state index < -0.39 is 0 Å². The van der Waals surface area contributed by atoms with E-state index in [4.69, 9.17) is 0 Å². The van der Waals surface area contributed by atoms with Gasteiger partial charge < -0.3 is 9.88 Å². The van der Waals surface area contributed by atoms with Crippen LogP contribution >= 0.6 is 0 Å². The summed E-state index contributed by atoms with van der Waals surface area (Å²) in [5, 5.41) is 2.89. The largest absolute Gasteiger partial charge is 0.350 e. The number of pyridine rings is 1. The minimum absolute atomic E-state index is 0.159. The molecule has 1 aromatic carbocycles. The van der Waals surface area contributed by atoms with Gasteiger partial charge >= 0.3 is 0 Å². The zero-order chi connectivity index (χ0) is 16.8. The monoisotopic (exact) mass is 320 g/mol. The van der Waals surface area contributed by atoms with Crippen molar-refractivity contribution in [2.75, 3.05) is 6.54 Å². The van der Waals surface area contributed by atoms with Crippen molar-refractivity contribution in [2.45, 2.75) is 19.9 Å². The molecule has 5 nitrogen and oxygen atoms in total. The highest BCUT2D eigenvalue weighted by Crippen LogP contribution is 2.10. The number of imidazole rings is 1. The van der Waals surface area contributed by atoms with Crippen molar-refractivity contribution in [1.29, 1.82) is 0 Å². The Hall–Kier alpha value is -2.95. The molecule has 5 heteroatoms. The average molecular weight is 320 g/mol. The van der Waals surface area contributed by atoms with Gasteiger partial charge in [-0.15, -0.1) is 0 Å². The molecular weight excluding hydrogens is 300 g/mol. The van der Waals surface area contributed by atoms with Crippen LogP contribution in [0.5, 0.6) is 0 Å². The number of rotatable bonds is 6. The van der Waals surface area contributed by atoms with E-state index in [2.05, 4.69) is 32.0 Å². The fourth-order valence-corrected chi connectivity index (χ4v) is 2.57. The lowest BCUT2D eigenvalue weighted by atomic mass is 10.2. The molecule has 0 saturated heterocycles. The second-order valence-electron chi connectivity index (χ2n) is 5.61. The second kappa shape index (κ2) is 7.55. The smallest absolute Gasteiger partial charge is 0.269 e. The third-order valence-electron chi connectivity index (χ3n) is 3.85. The quantitative estimate of drug-likeness (QED) is 0.759. The van der Waals surface area contributed by atoms with Gasteiger partial charge in [-0.05, 0) is 24.6 Å². The van der Waals surface area contributed by atoms with Crippen molar-refractivity contribution in [3.8, 4) is 0 Å². The predicted molar refractivity (Wildman–Crippen MR) is 92.8 cm³/mol. The summed E-state index contributed by atoms with van der Waals surface area (Å²) < 4.78 is 2.18. The standard InChI is InChI=1S/C19H20N4O/c1-15-13-22-18(23(15)14-16-7-3-2-4-8-16)10-12-21-19(24)17-9-5-6-11-20-17/h2-9,11,13H,10,12,14H2,1H3,(H,21,24). The summed E-state index contributed by atoms with van der Waals surface area (Å²) in [5.41, 5.74) is 2.78. The Morgan fingerprint density at radius 1 is 1.08 bits per heavy atom. The first kappa shape index (κ1) is 15.9. The maximum Gasteiger partial charge on any atom is 0.269 e. The number of hydrogen-bond acceptors (Lipinski definition) is 3. The zero-order valence-corrected chi connectivity index (χ0v) is 13.6. The van der Waals surface area contributed by atoms with Gasteiger partial charge in [0.1, 0.15) is 11.5 Å². The SMILES string of the molecule is Cc1cnc(CCNC(=O)c2ccccn2)n1Cc1ccccc1. The van der Waals surface area contributed by atoms with Crippen LogP contribution in [0.1, 0.15) is 27.6 Å². The molecule has 3 rings (SSSR count). The Labute approximate surface area is 141 Å². The van der Waals surface area contributed by atoms with Gasteiger partial charge in [0.25, 0.3) is 5.91 Å². The predicted octanol–water partition coefficient (Wildman–Crippen LogP) is 2.61. The number of carbonyl (C=O) groups is 1. The summed E-state index contributed by atoms with van der Waals surface area (Å²) >= 11 is 0. The molecule has 0 saturated carbocycles. The summed E-state index contributed by atoms with van der Waals surface area (Å²) in [7, 11) is 0. The van der Waals surface area contributed by atoms with Crippen LogP contribution in [0.2, 0.25) is 0 Å². The third-order valence-corrected chi connectivity index (χ3v) is 3.85. The first-order chi connectivity index (χ1) is 11.7. The minimum atomic E-state index is -0.159. The Morgan fingerprint density at radius 3 is 2.62 bits per heavy atom. The normalized spacial score (nSPS) is 10.5. The van der Waals surface area contributed by atoms with Crippen molar-refractivity contribution in [2.24, 2.45) is 0 Å². The first-order valence-corrected chi connectivity index (χ1v) is 7.98. The number of carbonyl (C=O) groups excluding carboxylic acids is 1. The molecule has 0 aliphatic carbocycles. The Kier molecular flexibility index (Phi) is 5.01. The Morgan fingerprint density at radius 2 is 1.88 bits per heavy atom. The number of hydrogen-bond donors (Lipinski definition) is 1. The molecule has 2 aromatic heterocycles. The van der Waals surface area contributed by atoms with Gasteiger partial charge in [-0.25, -0.2) is 4.98 Å². The molecule has 0 atom stereocenters. The van der Waals surface area contributed by atoms with E-state index in [0.29, 0.717) is 18.7 Å². The molecule has 1 amide bonds. The van der Waals surface area contributed by atoms with Crippen LogP contribution in [0, 0.1) is 6.92 Å². The van der Waals surface area contributed by atoms with Crippen molar-refractivity contribution < 1.29 is 4.79 Å². The highest BCUT2D eigenvalue weighted by atomic mass is 16.1. The molecule has 0 aliphatic rings. The molecule has 0 aliphatic heterocycles. The fourth-order valence-electron chi connectivity index (χ4n) is 2.57. The van der Waals surface area contributed by atoms with E-state index in [1.807, 2.05) is 31.3 Å². The van der Waals surface area contributed by atoms with E-state index in [9.17, 15) is 4.79 Å². The van der Waals surface area contributed by atoms with E-state index in [1.54, 1.807) is 24.4 Å². The van der Waals surface area contributed by atoms with Gasteiger partial charge in [-0.3, -0.25) is 9.78 Å². The highest BCUT2D eigenvalue weighted by molar-refractivity contribution is 5.92. The van der Waals surface area contributed by atoms with E-state index in [1.165, 1.54) is 5.56 Å². The lowest BCUT2D eigenvalue weighted by molar-refractivity contribution is 0.0949. The van der Waals surface area contributed by atoms with Crippen LogP contribution < -0.4 is 5.32 Å². The number of nitrogens with one attached hydrogen (secondary N) is 1. The van der Waals surface area contributed by atoms with Crippen molar-refractivity contribution >= 4 is 5.91 Å². The molecule has 0 spiro atoms. The van der Waals surface area contributed by atoms with Crippen LogP contribution in [0.25, 0.3) is 0 Å². The summed E-state index contributed by atoms with van der Waals surface area (Å²) in [6.45, 7) is 3.36. The van der Waals surface area contributed by atoms with Gasteiger partial charge in [0, 0.05) is 37.6 Å². The zero-order valence-electron chi connectivity index (χ0n) is 13.6. The average Bonchev–Trinajstić information content (AvgIpc) is 2.97. The molecule has 24 heavy (non-hydrogen) atoms. The minimum Gasteiger partial charge on any atom is -0.350 e. The molecule has 2 heterocycles. The van der Waals surface area contributed by atoms with Crippen molar-refractivity contribution in [3.05, 3.63) is 83.7 Å². The third kappa shape index (κ3) is 3.87. The summed E-state index contributed by atoms with van der Waals surface area (Å²) in [6.07, 6.45) is 4.17. The van der Waals surface area contributed by atoms with Crippen LogP contribution in [0.4, 0.5) is 0 Å². The van der Waals surface area contributed by atoms with E-state index in [0.717, 1.165) is 18.1 Å². The molecular formula is C19H20N4O. The molecule has 0 unspecified atom stereocenters. The van der Waals surface area contributed by atoms with Gasteiger partial charge in [-0.1, -0.05) is 36.4 Å². The maximum atomic E-state index is 12.0. The molecule has 0 fully saturated rings. The number of nitrogens with zero attached hydrogens (tertiary/aromatic N) is 3. The van der Waals surface area contributed by atoms with Gasteiger partial charge in [-0.2, -0.15) is 0 Å². The van der Waals surface area contributed by atoms with Gasteiger partial charge in [0.15, 0.2) is 0 Å². The molecule has 3 aromatic rings. The number of amides is 1. The Balaban J connectivity index is 1.61. The number of aromatic nitrogens is 3. The molecule has 0 radical (unpaired) electrons. The summed E-state index contributed by atoms with van der Waals surface area (Å²) in [6, 6.07) is 15.6. The van der Waals surface area contributed by atoms with Crippen LogP contribution in [0.3, 0.4) is 0 Å². The first-order valence-electron chi connectivity index (χ1n) is 7.98. The van der Waals surface area contributed by atoms with Crippen LogP contribution in [-0.2, 0) is 13.0 Å². The number of benzene rings is 1. The van der Waals surface area contributed by atoms with Gasteiger partial charge in [0.2, 0.25) is 0 Å². The summed E-state index contributed by atoms with van der Waals surface area (Å²) in [5.74, 6) is 0.811.